The van der Waals surface area contributed by atoms with E-state index in [0.717, 1.165) is 24.1 Å². The van der Waals surface area contributed by atoms with Crippen molar-refractivity contribution in [3.05, 3.63) is 27.1 Å². The first-order chi connectivity index (χ1) is 9.79. The number of likely N-dealkylation sites (N-methyl/N-ethyl adjacent to an activating group) is 2. The summed E-state index contributed by atoms with van der Waals surface area (Å²) in [6.45, 7) is 3.22. The minimum absolute atomic E-state index is 0.185. The molecule has 5 nitrogen and oxygen atoms in total. The van der Waals surface area contributed by atoms with E-state index in [-0.39, 0.29) is 10.9 Å². The predicted molar refractivity (Wildman–Crippen MR) is 90.9 cm³/mol. The molecule has 8 heteroatoms. The number of rotatable bonds is 4. The maximum absolute atomic E-state index is 12.4. The lowest BCUT2D eigenvalue weighted by Gasteiger charge is -2.37. The molecule has 0 aromatic heterocycles. The summed E-state index contributed by atoms with van der Waals surface area (Å²) < 4.78 is 28.9. The van der Waals surface area contributed by atoms with Gasteiger partial charge in [-0.25, -0.2) is 13.1 Å². The maximum Gasteiger partial charge on any atom is 0.241 e. The van der Waals surface area contributed by atoms with Crippen molar-refractivity contribution < 1.29 is 8.42 Å². The molecule has 118 valence electrons. The molecule has 1 saturated heterocycles. The van der Waals surface area contributed by atoms with Crippen LogP contribution in [-0.2, 0) is 10.0 Å². The third-order valence-corrected chi connectivity index (χ3v) is 6.58. The third-order valence-electron chi connectivity index (χ3n) is 3.67. The van der Waals surface area contributed by atoms with Crippen LogP contribution in [0.2, 0.25) is 0 Å². The van der Waals surface area contributed by atoms with Crippen LogP contribution in [0.3, 0.4) is 0 Å². The fraction of sp³-hybridized carbons (Fsp3) is 0.538. The molecule has 1 aromatic carbocycles. The van der Waals surface area contributed by atoms with Gasteiger partial charge < -0.3 is 4.90 Å². The van der Waals surface area contributed by atoms with E-state index in [1.807, 2.05) is 7.05 Å². The van der Waals surface area contributed by atoms with Crippen LogP contribution in [0.5, 0.6) is 0 Å². The highest BCUT2D eigenvalue weighted by molar-refractivity contribution is 9.11. The topological polar surface area (TPSA) is 52.6 Å². The number of nitrogens with zero attached hydrogens (tertiary/aromatic N) is 2. The van der Waals surface area contributed by atoms with Gasteiger partial charge in [0, 0.05) is 41.2 Å². The van der Waals surface area contributed by atoms with Crippen LogP contribution in [0.4, 0.5) is 0 Å². The maximum atomic E-state index is 12.4. The Morgan fingerprint density at radius 1 is 1.29 bits per heavy atom. The molecule has 0 aliphatic carbocycles. The van der Waals surface area contributed by atoms with Crippen molar-refractivity contribution in [1.29, 1.82) is 0 Å². The van der Waals surface area contributed by atoms with Crippen molar-refractivity contribution in [2.75, 3.05) is 40.3 Å². The Hall–Kier alpha value is 0.01000. The second-order valence-electron chi connectivity index (χ2n) is 5.32. The molecule has 1 atom stereocenters. The molecular weight excluding hydrogens is 422 g/mol. The van der Waals surface area contributed by atoms with Gasteiger partial charge in [-0.15, -0.1) is 0 Å². The minimum Gasteiger partial charge on any atom is -0.303 e. The molecule has 1 fully saturated rings. The first-order valence-electron chi connectivity index (χ1n) is 6.63. The average Bonchev–Trinajstić information content (AvgIpc) is 2.42. The summed E-state index contributed by atoms with van der Waals surface area (Å²) in [5.74, 6) is 0. The minimum atomic E-state index is -3.53. The molecule has 2 rings (SSSR count). The van der Waals surface area contributed by atoms with Gasteiger partial charge in [0.05, 0.1) is 4.90 Å². The molecule has 1 aromatic rings. The zero-order valence-corrected chi connectivity index (χ0v) is 16.0. The van der Waals surface area contributed by atoms with E-state index in [0.29, 0.717) is 11.0 Å². The van der Waals surface area contributed by atoms with Gasteiger partial charge >= 0.3 is 0 Å². The highest BCUT2D eigenvalue weighted by Crippen LogP contribution is 2.25. The zero-order chi connectivity index (χ0) is 15.6. The van der Waals surface area contributed by atoms with Crippen LogP contribution >= 0.6 is 31.9 Å². The van der Waals surface area contributed by atoms with Crippen molar-refractivity contribution in [2.24, 2.45) is 0 Å². The molecule has 1 unspecified atom stereocenters. The average molecular weight is 441 g/mol. The SMILES string of the molecule is CN1CCN(C)C(CNS(=O)(=O)c2cc(Br)ccc2Br)C1. The first-order valence-corrected chi connectivity index (χ1v) is 9.70. The second-order valence-corrected chi connectivity index (χ2v) is 8.83. The Bertz CT molecular complexity index is 609. The number of hydrogen-bond acceptors (Lipinski definition) is 4. The van der Waals surface area contributed by atoms with Gasteiger partial charge in [-0.05, 0) is 48.2 Å². The highest BCUT2D eigenvalue weighted by atomic mass is 79.9. The van der Waals surface area contributed by atoms with E-state index in [9.17, 15) is 8.42 Å². The van der Waals surface area contributed by atoms with Gasteiger partial charge in [0.2, 0.25) is 10.0 Å². The summed E-state index contributed by atoms with van der Waals surface area (Å²) in [6.07, 6.45) is 0. The third kappa shape index (κ3) is 4.49. The Balaban J connectivity index is 2.09. The van der Waals surface area contributed by atoms with E-state index in [4.69, 9.17) is 0 Å². The summed E-state index contributed by atoms with van der Waals surface area (Å²) in [5.41, 5.74) is 0. The number of sulfonamides is 1. The Morgan fingerprint density at radius 2 is 2.00 bits per heavy atom. The van der Waals surface area contributed by atoms with Crippen molar-refractivity contribution in [1.82, 2.24) is 14.5 Å². The predicted octanol–water partition coefficient (Wildman–Crippen LogP) is 1.74. The molecule has 1 aliphatic heterocycles. The standard InChI is InChI=1S/C13H19Br2N3O2S/c1-17-5-6-18(2)11(9-17)8-16-21(19,20)13-7-10(14)3-4-12(13)15/h3-4,7,11,16H,5-6,8-9H2,1-2H3. The molecule has 0 radical (unpaired) electrons. The van der Waals surface area contributed by atoms with E-state index < -0.39 is 10.0 Å². The monoisotopic (exact) mass is 439 g/mol. The molecule has 0 spiro atoms. The van der Waals surface area contributed by atoms with Gasteiger partial charge in [0.15, 0.2) is 0 Å². The summed E-state index contributed by atoms with van der Waals surface area (Å²) in [4.78, 5) is 4.66. The molecule has 1 N–H and O–H groups in total. The summed E-state index contributed by atoms with van der Waals surface area (Å²) in [7, 11) is 0.558. The molecule has 21 heavy (non-hydrogen) atoms. The van der Waals surface area contributed by atoms with E-state index in [1.165, 1.54) is 0 Å². The second kappa shape index (κ2) is 7.06. The summed E-state index contributed by atoms with van der Waals surface area (Å²) in [6, 6.07) is 5.30. The van der Waals surface area contributed by atoms with E-state index >= 15 is 0 Å². The fourth-order valence-corrected chi connectivity index (χ4v) is 4.86. The Kier molecular flexibility index (Phi) is 5.84. The highest BCUT2D eigenvalue weighted by Gasteiger charge is 2.25. The molecular formula is C13H19Br2N3O2S. The van der Waals surface area contributed by atoms with Crippen LogP contribution in [0.15, 0.2) is 32.0 Å². The number of piperazine rings is 1. The normalized spacial score (nSPS) is 21.6. The molecule has 0 bridgehead atoms. The Morgan fingerprint density at radius 3 is 2.71 bits per heavy atom. The number of hydrogen-bond donors (Lipinski definition) is 1. The number of nitrogens with one attached hydrogen (secondary N) is 1. The molecule has 1 heterocycles. The van der Waals surface area contributed by atoms with Gasteiger partial charge in [-0.1, -0.05) is 15.9 Å². The van der Waals surface area contributed by atoms with Gasteiger partial charge in [0.1, 0.15) is 0 Å². The first kappa shape index (κ1) is 17.4. The smallest absolute Gasteiger partial charge is 0.241 e. The molecule has 0 amide bonds. The summed E-state index contributed by atoms with van der Waals surface area (Å²) >= 11 is 6.60. The lowest BCUT2D eigenvalue weighted by atomic mass is 10.2. The quantitative estimate of drug-likeness (QED) is 0.774. The van der Waals surface area contributed by atoms with Crippen LogP contribution in [0.25, 0.3) is 0 Å². The van der Waals surface area contributed by atoms with Crippen LogP contribution in [0, 0.1) is 0 Å². The van der Waals surface area contributed by atoms with Crippen molar-refractivity contribution in [3.63, 3.8) is 0 Å². The number of halogens is 2. The largest absolute Gasteiger partial charge is 0.303 e. The number of benzene rings is 1. The Labute approximate surface area is 143 Å². The lowest BCUT2D eigenvalue weighted by molar-refractivity contribution is 0.117. The van der Waals surface area contributed by atoms with Gasteiger partial charge in [0.25, 0.3) is 0 Å². The van der Waals surface area contributed by atoms with Crippen LogP contribution in [-0.4, -0.2) is 64.5 Å². The van der Waals surface area contributed by atoms with Crippen LogP contribution < -0.4 is 4.72 Å². The van der Waals surface area contributed by atoms with Crippen LogP contribution in [0.1, 0.15) is 0 Å². The van der Waals surface area contributed by atoms with Crippen molar-refractivity contribution in [2.45, 2.75) is 10.9 Å². The van der Waals surface area contributed by atoms with Crippen molar-refractivity contribution in [3.8, 4) is 0 Å². The molecule has 1 aliphatic rings. The van der Waals surface area contributed by atoms with Gasteiger partial charge in [-0.2, -0.15) is 0 Å². The van der Waals surface area contributed by atoms with Crippen molar-refractivity contribution >= 4 is 41.9 Å². The zero-order valence-electron chi connectivity index (χ0n) is 12.0. The fourth-order valence-electron chi connectivity index (χ4n) is 2.29. The van der Waals surface area contributed by atoms with Gasteiger partial charge in [-0.3, -0.25) is 4.90 Å². The van der Waals surface area contributed by atoms with E-state index in [2.05, 4.69) is 53.4 Å². The molecule has 0 saturated carbocycles. The van der Waals surface area contributed by atoms with E-state index in [1.54, 1.807) is 18.2 Å². The summed E-state index contributed by atoms with van der Waals surface area (Å²) in [5, 5.41) is 0. The lowest BCUT2D eigenvalue weighted by Crippen LogP contribution is -2.54.